The van der Waals surface area contributed by atoms with Gasteiger partial charge in [0.05, 0.1) is 5.75 Å². The van der Waals surface area contributed by atoms with Gasteiger partial charge in [0, 0.05) is 24.5 Å². The predicted molar refractivity (Wildman–Crippen MR) is 77.0 cm³/mol. The van der Waals surface area contributed by atoms with E-state index in [1.54, 1.807) is 31.3 Å². The average molecular weight is 286 g/mol. The molecule has 1 saturated heterocycles. The molecular formula is C12H18N2O2S2. The van der Waals surface area contributed by atoms with Crippen LogP contribution in [0.5, 0.6) is 0 Å². The van der Waals surface area contributed by atoms with Crippen molar-refractivity contribution < 1.29 is 8.42 Å². The zero-order chi connectivity index (χ0) is 13.2. The van der Waals surface area contributed by atoms with Crippen LogP contribution in [0.4, 0.5) is 5.69 Å². The highest BCUT2D eigenvalue weighted by Crippen LogP contribution is 2.24. The molecule has 0 aromatic heterocycles. The van der Waals surface area contributed by atoms with Crippen molar-refractivity contribution in [3.8, 4) is 0 Å². The number of benzene rings is 1. The third-order valence-electron chi connectivity index (χ3n) is 3.19. The fourth-order valence-electron chi connectivity index (χ4n) is 1.96. The van der Waals surface area contributed by atoms with Gasteiger partial charge in [-0.15, -0.1) is 0 Å². The van der Waals surface area contributed by atoms with E-state index in [0.717, 1.165) is 23.5 Å². The number of anilines is 1. The van der Waals surface area contributed by atoms with Gasteiger partial charge in [0.2, 0.25) is 10.0 Å². The number of hydrogen-bond acceptors (Lipinski definition) is 4. The molecule has 1 aromatic carbocycles. The summed E-state index contributed by atoms with van der Waals surface area (Å²) in [7, 11) is -1.55. The highest BCUT2D eigenvalue weighted by molar-refractivity contribution is 7.99. The zero-order valence-electron chi connectivity index (χ0n) is 10.4. The van der Waals surface area contributed by atoms with Gasteiger partial charge in [-0.3, -0.25) is 0 Å². The zero-order valence-corrected chi connectivity index (χ0v) is 12.0. The molecule has 18 heavy (non-hydrogen) atoms. The lowest BCUT2D eigenvalue weighted by Gasteiger charge is -2.23. The van der Waals surface area contributed by atoms with Crippen LogP contribution < -0.4 is 5.73 Å². The lowest BCUT2D eigenvalue weighted by Crippen LogP contribution is -2.37. The van der Waals surface area contributed by atoms with Crippen LogP contribution >= 0.6 is 11.8 Å². The molecule has 1 aromatic rings. The number of nitrogens with two attached hydrogens (primary N) is 1. The quantitative estimate of drug-likeness (QED) is 0.853. The van der Waals surface area contributed by atoms with Crippen LogP contribution in [0.3, 0.4) is 0 Å². The van der Waals surface area contributed by atoms with Crippen molar-refractivity contribution in [2.75, 3.05) is 24.3 Å². The first-order valence-corrected chi connectivity index (χ1v) is 8.63. The summed E-state index contributed by atoms with van der Waals surface area (Å²) in [5, 5.41) is 0. The monoisotopic (exact) mass is 286 g/mol. The molecule has 4 nitrogen and oxygen atoms in total. The van der Waals surface area contributed by atoms with E-state index in [9.17, 15) is 8.42 Å². The van der Waals surface area contributed by atoms with Crippen LogP contribution in [0.25, 0.3) is 0 Å². The Bertz CT molecular complexity index is 493. The second kappa shape index (κ2) is 5.50. The van der Waals surface area contributed by atoms with Gasteiger partial charge in [-0.1, -0.05) is 12.1 Å². The van der Waals surface area contributed by atoms with E-state index in [-0.39, 0.29) is 11.8 Å². The standard InChI is InChI=1S/C12H18N2O2S2/c1-14(12-6-7-17-8-12)18(15,16)9-10-2-4-11(13)5-3-10/h2-5,12H,6-9,13H2,1H3. The molecule has 2 rings (SSSR count). The maximum absolute atomic E-state index is 12.3. The van der Waals surface area contributed by atoms with Crippen LogP contribution in [-0.4, -0.2) is 37.3 Å². The number of sulfonamides is 1. The first kappa shape index (κ1) is 13.7. The molecule has 0 radical (unpaired) electrons. The van der Waals surface area contributed by atoms with Crippen LogP contribution in [0.2, 0.25) is 0 Å². The maximum Gasteiger partial charge on any atom is 0.218 e. The van der Waals surface area contributed by atoms with E-state index in [4.69, 9.17) is 5.73 Å². The number of rotatable bonds is 4. The highest BCUT2D eigenvalue weighted by atomic mass is 32.2. The number of nitrogen functional groups attached to an aromatic ring is 1. The molecule has 1 aliphatic heterocycles. The second-order valence-electron chi connectivity index (χ2n) is 4.53. The molecule has 0 saturated carbocycles. The molecule has 0 bridgehead atoms. The molecule has 100 valence electrons. The predicted octanol–water partition coefficient (Wildman–Crippen LogP) is 1.54. The molecule has 2 N–H and O–H groups in total. The van der Waals surface area contributed by atoms with Gasteiger partial charge in [-0.25, -0.2) is 12.7 Å². The Hall–Kier alpha value is -0.720. The van der Waals surface area contributed by atoms with Crippen LogP contribution in [0.15, 0.2) is 24.3 Å². The Labute approximate surface area is 113 Å². The summed E-state index contributed by atoms with van der Waals surface area (Å²) >= 11 is 1.81. The van der Waals surface area contributed by atoms with E-state index in [1.807, 2.05) is 11.8 Å². The van der Waals surface area contributed by atoms with Crippen molar-refractivity contribution >= 4 is 27.5 Å². The minimum atomic E-state index is -3.23. The van der Waals surface area contributed by atoms with Crippen molar-refractivity contribution in [2.24, 2.45) is 0 Å². The molecule has 6 heteroatoms. The van der Waals surface area contributed by atoms with Crippen molar-refractivity contribution in [1.82, 2.24) is 4.31 Å². The van der Waals surface area contributed by atoms with Gasteiger partial charge in [0.1, 0.15) is 0 Å². The lowest BCUT2D eigenvalue weighted by molar-refractivity contribution is 0.394. The first-order chi connectivity index (χ1) is 8.49. The number of thioether (sulfide) groups is 1. The fourth-order valence-corrected chi connectivity index (χ4v) is 4.78. The third kappa shape index (κ3) is 3.18. The normalized spacial score (nSPS) is 20.4. The molecule has 0 spiro atoms. The van der Waals surface area contributed by atoms with E-state index in [2.05, 4.69) is 0 Å². The Morgan fingerprint density at radius 3 is 2.61 bits per heavy atom. The topological polar surface area (TPSA) is 63.4 Å². The van der Waals surface area contributed by atoms with Crippen molar-refractivity contribution in [3.63, 3.8) is 0 Å². The Morgan fingerprint density at radius 2 is 2.06 bits per heavy atom. The van der Waals surface area contributed by atoms with Gasteiger partial charge < -0.3 is 5.73 Å². The van der Waals surface area contributed by atoms with E-state index >= 15 is 0 Å². The number of nitrogens with zero attached hydrogens (tertiary/aromatic N) is 1. The van der Waals surface area contributed by atoms with Crippen LogP contribution in [0, 0.1) is 0 Å². The number of hydrogen-bond donors (Lipinski definition) is 1. The SMILES string of the molecule is CN(C1CCSC1)S(=O)(=O)Cc1ccc(N)cc1. The Kier molecular flexibility index (Phi) is 4.19. The summed E-state index contributed by atoms with van der Waals surface area (Å²) in [6.07, 6.45) is 0.947. The second-order valence-corrected chi connectivity index (χ2v) is 7.71. The van der Waals surface area contributed by atoms with E-state index in [0.29, 0.717) is 5.69 Å². The maximum atomic E-state index is 12.3. The first-order valence-electron chi connectivity index (χ1n) is 5.87. The third-order valence-corrected chi connectivity index (χ3v) is 6.21. The summed E-state index contributed by atoms with van der Waals surface area (Å²) < 4.78 is 26.0. The summed E-state index contributed by atoms with van der Waals surface area (Å²) in [4.78, 5) is 0. The van der Waals surface area contributed by atoms with E-state index in [1.165, 1.54) is 4.31 Å². The Morgan fingerprint density at radius 1 is 1.39 bits per heavy atom. The van der Waals surface area contributed by atoms with Gasteiger partial charge in [-0.05, 0) is 29.9 Å². The van der Waals surface area contributed by atoms with Gasteiger partial charge in [-0.2, -0.15) is 11.8 Å². The van der Waals surface area contributed by atoms with Gasteiger partial charge >= 0.3 is 0 Å². The van der Waals surface area contributed by atoms with Crippen LogP contribution in [-0.2, 0) is 15.8 Å². The summed E-state index contributed by atoms with van der Waals surface area (Å²) in [6, 6.07) is 7.15. The minimum absolute atomic E-state index is 0.0466. The van der Waals surface area contributed by atoms with Crippen molar-refractivity contribution in [3.05, 3.63) is 29.8 Å². The van der Waals surface area contributed by atoms with Gasteiger partial charge in [0.25, 0.3) is 0 Å². The van der Waals surface area contributed by atoms with Crippen LogP contribution in [0.1, 0.15) is 12.0 Å². The largest absolute Gasteiger partial charge is 0.399 e. The summed E-state index contributed by atoms with van der Waals surface area (Å²) in [5.41, 5.74) is 7.02. The van der Waals surface area contributed by atoms with Crippen molar-refractivity contribution in [2.45, 2.75) is 18.2 Å². The molecule has 1 unspecified atom stereocenters. The summed E-state index contributed by atoms with van der Waals surface area (Å²) in [6.45, 7) is 0. The molecule has 1 atom stereocenters. The van der Waals surface area contributed by atoms with Crippen molar-refractivity contribution in [1.29, 1.82) is 0 Å². The average Bonchev–Trinajstić information content (AvgIpc) is 2.84. The molecule has 1 fully saturated rings. The van der Waals surface area contributed by atoms with Gasteiger partial charge in [0.15, 0.2) is 0 Å². The molecule has 0 aliphatic carbocycles. The Balaban J connectivity index is 2.08. The lowest BCUT2D eigenvalue weighted by atomic mass is 10.2. The highest BCUT2D eigenvalue weighted by Gasteiger charge is 2.28. The summed E-state index contributed by atoms with van der Waals surface area (Å²) in [5.74, 6) is 1.99. The fraction of sp³-hybridized carbons (Fsp3) is 0.500. The molecule has 1 aliphatic rings. The van der Waals surface area contributed by atoms with E-state index < -0.39 is 10.0 Å². The smallest absolute Gasteiger partial charge is 0.218 e. The minimum Gasteiger partial charge on any atom is -0.399 e. The molecule has 0 amide bonds. The molecule has 1 heterocycles. The molecular weight excluding hydrogens is 268 g/mol.